The zero-order chi connectivity index (χ0) is 26.2. The Hall–Kier alpha value is -1.13. The number of aromatic amines is 1. The molecule has 0 saturated carbocycles. The molecule has 1 saturated heterocycles. The second-order valence-electron chi connectivity index (χ2n) is 6.30. The maximum atomic E-state index is 12.1. The van der Waals surface area contributed by atoms with Crippen molar-refractivity contribution in [2.45, 2.75) is 0 Å². The maximum absolute atomic E-state index is 12.1. The molecule has 0 unspecified atom stereocenters. The zero-order valence-electron chi connectivity index (χ0n) is 18.3. The Morgan fingerprint density at radius 1 is 0.886 bits per heavy atom. The van der Waals surface area contributed by atoms with E-state index < -0.39 is 26.5 Å². The molecule has 1 fully saturated rings. The number of rotatable bonds is 4. The predicted molar refractivity (Wildman–Crippen MR) is 89.2 cm³/mol. The fourth-order valence-electron chi connectivity index (χ4n) is 2.35. The standard InChI is InChI=1S/C14H25N7O3.2ClHO4.Zn/c22-13(18-12-9-11(14(23)24)19-20-12)10-21-7-5-16-3-1-15-2-4-17-6-8-21;2*2-1(3,4)5;/h9,15-17H,1-8,10H2,(H,23,24)(H2,18,19,20,22);2*(H,2,3,4,5);/q;;;+2/p-2. The summed E-state index contributed by atoms with van der Waals surface area (Å²) >= 11 is 0. The molecule has 6 N–H and O–H groups in total. The fourth-order valence-corrected chi connectivity index (χ4v) is 2.35. The molecule has 1 aliphatic heterocycles. The van der Waals surface area contributed by atoms with Gasteiger partial charge in [0.2, 0.25) is 5.91 Å². The van der Waals surface area contributed by atoms with E-state index in [0.717, 1.165) is 52.4 Å². The van der Waals surface area contributed by atoms with E-state index in [4.69, 9.17) is 42.4 Å². The summed E-state index contributed by atoms with van der Waals surface area (Å²) in [5.74, 6) is -1.11. The minimum atomic E-state index is -4.94. The first kappa shape index (κ1) is 36.0. The largest absolute Gasteiger partial charge is 2.00 e. The number of hydrogen-bond donors (Lipinski definition) is 6. The van der Waals surface area contributed by atoms with Gasteiger partial charge in [-0.1, -0.05) is 0 Å². The van der Waals surface area contributed by atoms with Crippen LogP contribution in [0, 0.1) is 20.5 Å². The Bertz CT molecular complexity index is 685. The third kappa shape index (κ3) is 27.3. The first-order valence-corrected chi connectivity index (χ1v) is 11.8. The minimum Gasteiger partial charge on any atom is -0.477 e. The van der Waals surface area contributed by atoms with Gasteiger partial charge in [-0.25, -0.2) is 42.1 Å². The average molecular weight is 604 g/mol. The smallest absolute Gasteiger partial charge is 0.477 e. The molecule has 35 heavy (non-hydrogen) atoms. The van der Waals surface area contributed by atoms with Crippen LogP contribution in [0.1, 0.15) is 10.5 Å². The Kier molecular flexibility index (Phi) is 19.6. The van der Waals surface area contributed by atoms with E-state index in [-0.39, 0.29) is 43.4 Å². The van der Waals surface area contributed by atoms with Crippen molar-refractivity contribution < 1.29 is 91.9 Å². The molecule has 0 aromatic carbocycles. The van der Waals surface area contributed by atoms with Crippen LogP contribution in [0.3, 0.4) is 0 Å². The molecule has 0 radical (unpaired) electrons. The number of halogens is 2. The monoisotopic (exact) mass is 601 g/mol. The number of aromatic nitrogens is 2. The summed E-state index contributed by atoms with van der Waals surface area (Å²) < 4.78 is 67.9. The normalized spacial score (nSPS) is 16.0. The van der Waals surface area contributed by atoms with Gasteiger partial charge in [-0.3, -0.25) is 14.8 Å². The second kappa shape index (κ2) is 19.0. The van der Waals surface area contributed by atoms with Gasteiger partial charge < -0.3 is 26.4 Å². The molecule has 0 aliphatic carbocycles. The number of carboxylic acids is 1. The van der Waals surface area contributed by atoms with Crippen LogP contribution in [0.5, 0.6) is 0 Å². The van der Waals surface area contributed by atoms with Crippen LogP contribution in [-0.2, 0) is 24.3 Å². The summed E-state index contributed by atoms with van der Waals surface area (Å²) in [6, 6.07) is 1.30. The number of nitrogens with one attached hydrogen (secondary N) is 5. The predicted octanol–water partition coefficient (Wildman–Crippen LogP) is -11.4. The molecule has 0 spiro atoms. The van der Waals surface area contributed by atoms with E-state index in [1.807, 2.05) is 0 Å². The molecule has 18 nitrogen and oxygen atoms in total. The van der Waals surface area contributed by atoms with Crippen LogP contribution in [-0.4, -0.2) is 91.0 Å². The maximum Gasteiger partial charge on any atom is 2.00 e. The molecule has 2 heterocycles. The van der Waals surface area contributed by atoms with Crippen molar-refractivity contribution in [1.82, 2.24) is 31.0 Å². The number of carboxylic acid groups (broad SMARTS) is 1. The van der Waals surface area contributed by atoms with E-state index in [0.29, 0.717) is 0 Å². The van der Waals surface area contributed by atoms with Crippen LogP contribution in [0.2, 0.25) is 0 Å². The van der Waals surface area contributed by atoms with Gasteiger partial charge in [-0.15, -0.1) is 20.5 Å². The Labute approximate surface area is 216 Å². The first-order valence-electron chi connectivity index (χ1n) is 9.31. The number of H-pyrrole nitrogens is 1. The van der Waals surface area contributed by atoms with Gasteiger partial charge >= 0.3 is 25.4 Å². The van der Waals surface area contributed by atoms with Gasteiger partial charge in [0.15, 0.2) is 5.82 Å². The van der Waals surface area contributed by atoms with Crippen molar-refractivity contribution in [2.75, 3.05) is 64.2 Å². The van der Waals surface area contributed by atoms with Crippen molar-refractivity contribution >= 4 is 17.7 Å². The van der Waals surface area contributed by atoms with Crippen LogP contribution >= 0.6 is 0 Å². The number of anilines is 1. The topological polar surface area (TPSA) is 319 Å². The third-order valence-corrected chi connectivity index (χ3v) is 3.61. The summed E-state index contributed by atoms with van der Waals surface area (Å²) in [6.45, 7) is 7.00. The van der Waals surface area contributed by atoms with Crippen LogP contribution in [0.15, 0.2) is 6.07 Å². The number of carbonyl (C=O) groups is 2. The molecular formula is C14H25Cl2N7O11Zn. The van der Waals surface area contributed by atoms with Crippen molar-refractivity contribution in [2.24, 2.45) is 0 Å². The van der Waals surface area contributed by atoms with Crippen molar-refractivity contribution in [3.05, 3.63) is 11.8 Å². The number of aromatic carboxylic acids is 1. The van der Waals surface area contributed by atoms with E-state index in [1.54, 1.807) is 0 Å². The van der Waals surface area contributed by atoms with Crippen molar-refractivity contribution in [3.63, 3.8) is 0 Å². The Morgan fingerprint density at radius 3 is 1.66 bits per heavy atom. The molecule has 21 heteroatoms. The summed E-state index contributed by atoms with van der Waals surface area (Å²) in [7, 11) is -9.89. The SMILES string of the molecule is O=C(CN1CCNCCNCCNCC1)Nc1cc(C(=O)O)[nH]n1.[O-][Cl+3]([O-])([O-])[O-].[O-][Cl+3]([O-])([O-])[O-].[Zn+2]. The van der Waals surface area contributed by atoms with E-state index in [9.17, 15) is 9.59 Å². The van der Waals surface area contributed by atoms with E-state index in [1.165, 1.54) is 6.07 Å². The number of hydrogen-bond acceptors (Lipinski definition) is 15. The molecule has 198 valence electrons. The molecule has 1 aromatic rings. The van der Waals surface area contributed by atoms with Gasteiger partial charge in [-0.05, 0) is 0 Å². The van der Waals surface area contributed by atoms with Crippen molar-refractivity contribution in [3.8, 4) is 0 Å². The number of carbonyl (C=O) groups excluding carboxylic acids is 1. The molecule has 0 atom stereocenters. The van der Waals surface area contributed by atoms with Crippen LogP contribution in [0.4, 0.5) is 5.82 Å². The quantitative estimate of drug-likeness (QED) is 0.174. The number of amides is 1. The summed E-state index contributed by atoms with van der Waals surface area (Å²) in [5, 5.41) is 27.6. The molecule has 1 aromatic heterocycles. The zero-order valence-corrected chi connectivity index (χ0v) is 22.8. The molecule has 0 bridgehead atoms. The summed E-state index contributed by atoms with van der Waals surface area (Å²) in [4.78, 5) is 25.0. The third-order valence-electron chi connectivity index (χ3n) is 3.61. The van der Waals surface area contributed by atoms with Crippen LogP contribution < -0.4 is 58.5 Å². The van der Waals surface area contributed by atoms with E-state index in [2.05, 4.69) is 36.4 Å². The van der Waals surface area contributed by atoms with Gasteiger partial charge in [0.25, 0.3) is 0 Å². The van der Waals surface area contributed by atoms with Gasteiger partial charge in [0.1, 0.15) is 5.69 Å². The summed E-state index contributed by atoms with van der Waals surface area (Å²) in [6.07, 6.45) is 0. The first-order chi connectivity index (χ1) is 15.6. The van der Waals surface area contributed by atoms with Gasteiger partial charge in [0.05, 0.1) is 6.54 Å². The average Bonchev–Trinajstić information content (AvgIpc) is 3.10. The fraction of sp³-hybridized carbons (Fsp3) is 0.643. The van der Waals surface area contributed by atoms with Gasteiger partial charge in [-0.2, -0.15) is 5.10 Å². The second-order valence-corrected chi connectivity index (χ2v) is 7.81. The minimum absolute atomic E-state index is 0. The molecule has 2 rings (SSSR count). The molecule has 1 amide bonds. The molecular weight excluding hydrogens is 578 g/mol. The van der Waals surface area contributed by atoms with E-state index >= 15 is 0 Å². The Morgan fingerprint density at radius 2 is 1.29 bits per heavy atom. The number of nitrogens with zero attached hydrogens (tertiary/aromatic N) is 2. The van der Waals surface area contributed by atoms with Gasteiger partial charge in [0, 0.05) is 58.4 Å². The van der Waals surface area contributed by atoms with Crippen molar-refractivity contribution in [1.29, 1.82) is 0 Å². The Balaban J connectivity index is 0. The summed E-state index contributed by atoms with van der Waals surface area (Å²) in [5.41, 5.74) is -0.0568. The van der Waals surface area contributed by atoms with Crippen LogP contribution in [0.25, 0.3) is 0 Å². The molecule has 1 aliphatic rings.